The number of aromatic nitrogens is 2. The first-order valence-corrected chi connectivity index (χ1v) is 11.1. The van der Waals surface area contributed by atoms with Crippen LogP contribution in [-0.2, 0) is 4.74 Å². The number of piperidine rings is 1. The van der Waals surface area contributed by atoms with Crippen molar-refractivity contribution in [1.82, 2.24) is 25.5 Å². The molecule has 1 aromatic rings. The Morgan fingerprint density at radius 3 is 2.94 bits per heavy atom. The molecule has 1 amide bonds. The van der Waals surface area contributed by atoms with Gasteiger partial charge in [-0.1, -0.05) is 11.6 Å². The minimum Gasteiger partial charge on any atom is -0.444 e. The summed E-state index contributed by atoms with van der Waals surface area (Å²) in [7, 11) is 0. The highest BCUT2D eigenvalue weighted by Gasteiger charge is 2.29. The van der Waals surface area contributed by atoms with Crippen LogP contribution in [0.1, 0.15) is 39.4 Å². The number of halogens is 2. The first kappa shape index (κ1) is 22.4. The molecule has 1 unspecified atom stereocenters. The van der Waals surface area contributed by atoms with E-state index >= 15 is 0 Å². The van der Waals surface area contributed by atoms with Crippen molar-refractivity contribution >= 4 is 29.1 Å². The van der Waals surface area contributed by atoms with Gasteiger partial charge in [-0.15, -0.1) is 0 Å². The van der Waals surface area contributed by atoms with Gasteiger partial charge in [0.1, 0.15) is 11.8 Å². The summed E-state index contributed by atoms with van der Waals surface area (Å²) in [5.74, 6) is 0.187. The standard InChI is InChI=1S/C22H28ClFN6O2/c1-22(2,3)32-21(31)30-6-4-5-13(12-30)8-25-20-17(24)11-28-19(29-20)16-10-27-18-15(16)7-14(23)9-26-18/h7,9-11,13,18,26-27H,4-6,8,12H2,1-3H3,(H,25,28,29)/t13-,18?/m1/s1. The minimum atomic E-state index is -0.533. The average Bonchev–Trinajstić information content (AvgIpc) is 3.15. The molecule has 172 valence electrons. The highest BCUT2D eigenvalue weighted by atomic mass is 35.5. The number of dihydropyridines is 1. The van der Waals surface area contributed by atoms with Crippen LogP contribution in [0.15, 0.2) is 35.3 Å². The normalized spacial score (nSPS) is 22.7. The molecule has 0 aliphatic carbocycles. The number of nitrogens with one attached hydrogen (secondary N) is 3. The Hall–Kier alpha value is -2.81. The Labute approximate surface area is 192 Å². The molecule has 4 heterocycles. The highest BCUT2D eigenvalue weighted by molar-refractivity contribution is 6.31. The minimum absolute atomic E-state index is 0.112. The molecule has 0 spiro atoms. The van der Waals surface area contributed by atoms with E-state index in [2.05, 4.69) is 25.9 Å². The maximum absolute atomic E-state index is 14.4. The molecule has 10 heteroatoms. The topological polar surface area (TPSA) is 91.4 Å². The lowest BCUT2D eigenvalue weighted by Gasteiger charge is -2.34. The lowest BCUT2D eigenvalue weighted by molar-refractivity contribution is 0.0172. The maximum Gasteiger partial charge on any atom is 0.410 e. The van der Waals surface area contributed by atoms with Crippen LogP contribution in [0.3, 0.4) is 0 Å². The summed E-state index contributed by atoms with van der Waals surface area (Å²) < 4.78 is 19.9. The molecule has 2 atom stereocenters. The van der Waals surface area contributed by atoms with Crippen molar-refractivity contribution in [2.45, 2.75) is 45.4 Å². The molecule has 4 rings (SSSR count). The molecular weight excluding hydrogens is 435 g/mol. The van der Waals surface area contributed by atoms with Gasteiger partial charge in [-0.3, -0.25) is 0 Å². The first-order chi connectivity index (χ1) is 15.2. The Morgan fingerprint density at radius 2 is 2.16 bits per heavy atom. The molecule has 8 nitrogen and oxygen atoms in total. The quantitative estimate of drug-likeness (QED) is 0.630. The highest BCUT2D eigenvalue weighted by Crippen LogP contribution is 2.31. The van der Waals surface area contributed by atoms with Crippen molar-refractivity contribution in [1.29, 1.82) is 0 Å². The van der Waals surface area contributed by atoms with Crippen LogP contribution in [0.25, 0.3) is 5.57 Å². The number of ether oxygens (including phenoxy) is 1. The number of likely N-dealkylation sites (tertiary alicyclic amines) is 1. The number of carbonyl (C=O) groups is 1. The second kappa shape index (κ2) is 8.97. The fourth-order valence-corrected chi connectivity index (χ4v) is 4.11. The van der Waals surface area contributed by atoms with E-state index < -0.39 is 11.4 Å². The third-order valence-electron chi connectivity index (χ3n) is 5.41. The van der Waals surface area contributed by atoms with E-state index in [1.165, 1.54) is 6.20 Å². The van der Waals surface area contributed by atoms with Crippen molar-refractivity contribution in [3.8, 4) is 0 Å². The van der Waals surface area contributed by atoms with Gasteiger partial charge < -0.3 is 25.6 Å². The Kier molecular flexibility index (Phi) is 6.28. The molecule has 3 aliphatic rings. The van der Waals surface area contributed by atoms with Crippen molar-refractivity contribution < 1.29 is 13.9 Å². The summed E-state index contributed by atoms with van der Waals surface area (Å²) in [6.45, 7) is 7.27. The van der Waals surface area contributed by atoms with Crippen molar-refractivity contribution in [3.63, 3.8) is 0 Å². The predicted octanol–water partition coefficient (Wildman–Crippen LogP) is 3.55. The van der Waals surface area contributed by atoms with E-state index in [9.17, 15) is 9.18 Å². The van der Waals surface area contributed by atoms with E-state index in [0.29, 0.717) is 30.5 Å². The molecule has 1 fully saturated rings. The van der Waals surface area contributed by atoms with Crippen molar-refractivity contribution in [3.05, 3.63) is 46.9 Å². The smallest absolute Gasteiger partial charge is 0.410 e. The molecule has 32 heavy (non-hydrogen) atoms. The SMILES string of the molecule is CC(C)(C)OC(=O)N1CCC[C@H](CNc2nc(C3=CNC4NC=C(Cl)C=C34)ncc2F)C1. The molecule has 0 saturated carbocycles. The zero-order valence-corrected chi connectivity index (χ0v) is 19.2. The largest absolute Gasteiger partial charge is 0.444 e. The van der Waals surface area contributed by atoms with Crippen LogP contribution >= 0.6 is 11.6 Å². The van der Waals surface area contributed by atoms with Gasteiger partial charge >= 0.3 is 6.09 Å². The Balaban J connectivity index is 1.41. The van der Waals surface area contributed by atoms with Gasteiger partial charge in [0.15, 0.2) is 17.5 Å². The average molecular weight is 463 g/mol. The van der Waals surface area contributed by atoms with Crippen LogP contribution in [0.2, 0.25) is 0 Å². The number of anilines is 1. The van der Waals surface area contributed by atoms with Gasteiger partial charge in [-0.05, 0) is 45.6 Å². The summed E-state index contributed by atoms with van der Waals surface area (Å²) in [4.78, 5) is 22.7. The summed E-state index contributed by atoms with van der Waals surface area (Å²) >= 11 is 6.11. The van der Waals surface area contributed by atoms with E-state index in [4.69, 9.17) is 16.3 Å². The van der Waals surface area contributed by atoms with Crippen molar-refractivity contribution in [2.75, 3.05) is 25.0 Å². The molecule has 0 aromatic carbocycles. The Bertz CT molecular complexity index is 987. The number of rotatable bonds is 4. The zero-order chi connectivity index (χ0) is 22.9. The monoisotopic (exact) mass is 462 g/mol. The molecule has 0 radical (unpaired) electrons. The van der Waals surface area contributed by atoms with E-state index in [1.54, 1.807) is 17.3 Å². The zero-order valence-electron chi connectivity index (χ0n) is 18.4. The van der Waals surface area contributed by atoms with Crippen LogP contribution < -0.4 is 16.0 Å². The fourth-order valence-electron chi connectivity index (χ4n) is 3.93. The van der Waals surface area contributed by atoms with Gasteiger partial charge in [0.2, 0.25) is 0 Å². The molecule has 3 N–H and O–H groups in total. The molecule has 1 aromatic heterocycles. The number of allylic oxidation sites excluding steroid dienone is 2. The third kappa shape index (κ3) is 5.15. The summed E-state index contributed by atoms with van der Waals surface area (Å²) in [6.07, 6.45) is 7.90. The summed E-state index contributed by atoms with van der Waals surface area (Å²) in [5, 5.41) is 10.0. The molecular formula is C22H28ClFN6O2. The first-order valence-electron chi connectivity index (χ1n) is 10.7. The molecule has 0 bridgehead atoms. The fraction of sp³-hybridized carbons (Fsp3) is 0.500. The third-order valence-corrected chi connectivity index (χ3v) is 5.63. The number of hydrogen-bond donors (Lipinski definition) is 3. The molecule has 3 aliphatic heterocycles. The summed E-state index contributed by atoms with van der Waals surface area (Å²) in [6, 6.07) is 0. The van der Waals surface area contributed by atoms with E-state index in [1.807, 2.05) is 26.8 Å². The predicted molar refractivity (Wildman–Crippen MR) is 121 cm³/mol. The van der Waals surface area contributed by atoms with Crippen LogP contribution in [0, 0.1) is 11.7 Å². The second-order valence-electron chi connectivity index (χ2n) is 9.16. The van der Waals surface area contributed by atoms with Crippen LogP contribution in [-0.4, -0.2) is 52.4 Å². The van der Waals surface area contributed by atoms with Gasteiger partial charge in [0.25, 0.3) is 0 Å². The number of hydrogen-bond acceptors (Lipinski definition) is 7. The maximum atomic E-state index is 14.4. The number of fused-ring (bicyclic) bond motifs is 1. The van der Waals surface area contributed by atoms with Gasteiger partial charge in [-0.25, -0.2) is 19.2 Å². The van der Waals surface area contributed by atoms with Gasteiger partial charge in [-0.2, -0.15) is 0 Å². The van der Waals surface area contributed by atoms with E-state index in [0.717, 1.165) is 24.0 Å². The van der Waals surface area contributed by atoms with E-state index in [-0.39, 0.29) is 24.0 Å². The van der Waals surface area contributed by atoms with Gasteiger partial charge in [0, 0.05) is 43.2 Å². The van der Waals surface area contributed by atoms with Gasteiger partial charge in [0.05, 0.1) is 11.2 Å². The Morgan fingerprint density at radius 1 is 1.38 bits per heavy atom. The number of amides is 1. The number of nitrogens with zero attached hydrogens (tertiary/aromatic N) is 3. The molecule has 1 saturated heterocycles. The lowest BCUT2D eigenvalue weighted by Crippen LogP contribution is -2.44. The second-order valence-corrected chi connectivity index (χ2v) is 9.60. The number of carbonyl (C=O) groups excluding carboxylic acids is 1. The van der Waals surface area contributed by atoms with Crippen molar-refractivity contribution in [2.24, 2.45) is 5.92 Å². The summed E-state index contributed by atoms with van der Waals surface area (Å²) in [5.41, 5.74) is 1.12. The van der Waals surface area contributed by atoms with Crippen LogP contribution in [0.4, 0.5) is 15.0 Å². The lowest BCUT2D eigenvalue weighted by atomic mass is 9.98. The van der Waals surface area contributed by atoms with Crippen LogP contribution in [0.5, 0.6) is 0 Å².